The predicted molar refractivity (Wildman–Crippen MR) is 37.5 cm³/mol. The van der Waals surface area contributed by atoms with Crippen LogP contribution in [0.2, 0.25) is 0 Å². The Labute approximate surface area is 65.0 Å². The second-order valence-electron chi connectivity index (χ2n) is 2.82. The number of alkyl halides is 2. The van der Waals surface area contributed by atoms with Gasteiger partial charge in [0.25, 0.3) is 5.92 Å². The lowest BCUT2D eigenvalue weighted by atomic mass is 10.0. The zero-order valence-electron chi connectivity index (χ0n) is 6.65. The van der Waals surface area contributed by atoms with Gasteiger partial charge in [-0.1, -0.05) is 0 Å². The van der Waals surface area contributed by atoms with Gasteiger partial charge in [-0.15, -0.1) is 0 Å². The number of carbonyl (C=O) groups excluding carboxylic acids is 1. The second-order valence-corrected chi connectivity index (χ2v) is 2.82. The fourth-order valence-electron chi connectivity index (χ4n) is 0.341. The van der Waals surface area contributed by atoms with Crippen molar-refractivity contribution in [2.75, 3.05) is 0 Å². The highest BCUT2D eigenvalue weighted by Gasteiger charge is 2.45. The third kappa shape index (κ3) is 2.69. The van der Waals surface area contributed by atoms with Gasteiger partial charge < -0.3 is 10.5 Å². The van der Waals surface area contributed by atoms with E-state index >= 15 is 0 Å². The molecule has 0 unspecified atom stereocenters. The molecule has 5 heteroatoms. The molecule has 1 amide bonds. The van der Waals surface area contributed by atoms with Crippen molar-refractivity contribution in [2.24, 2.45) is 5.73 Å². The lowest BCUT2D eigenvalue weighted by Crippen LogP contribution is -2.45. The van der Waals surface area contributed by atoms with E-state index in [2.05, 4.69) is 10.5 Å². The summed E-state index contributed by atoms with van der Waals surface area (Å²) in [6.45, 7) is 2.85. The summed E-state index contributed by atoms with van der Waals surface area (Å²) in [5.74, 6) is -3.10. The van der Waals surface area contributed by atoms with Crippen LogP contribution in [0.3, 0.4) is 0 Å². The van der Waals surface area contributed by atoms with E-state index in [1.807, 2.05) is 0 Å². The summed E-state index contributed by atoms with van der Waals surface area (Å²) in [6, 6.07) is 0. The molecule has 3 nitrogen and oxygen atoms in total. The monoisotopic (exact) mass is 169 g/mol. The minimum absolute atomic E-state index is 0. The highest BCUT2D eigenvalue weighted by molar-refractivity contribution is 5.65. The average molecular weight is 169 g/mol. The molecule has 0 atom stereocenters. The molecule has 0 aliphatic carbocycles. The molecule has 0 radical (unpaired) electrons. The van der Waals surface area contributed by atoms with Crippen LogP contribution in [0.5, 0.6) is 0 Å². The van der Waals surface area contributed by atoms with E-state index in [9.17, 15) is 13.6 Å². The minimum atomic E-state index is -3.10. The highest BCUT2D eigenvalue weighted by Crippen LogP contribution is 2.30. The number of nitrogens with two attached hydrogens (primary N) is 1. The van der Waals surface area contributed by atoms with Gasteiger partial charge in [0.1, 0.15) is 0 Å². The van der Waals surface area contributed by atoms with Gasteiger partial charge >= 0.3 is 6.09 Å². The molecule has 0 saturated heterocycles. The predicted octanol–water partition coefficient (Wildman–Crippen LogP) is 1.76. The van der Waals surface area contributed by atoms with Gasteiger partial charge in [-0.25, -0.2) is 13.6 Å². The Hall–Kier alpha value is -0.870. The topological polar surface area (TPSA) is 52.3 Å². The van der Waals surface area contributed by atoms with Crippen LogP contribution >= 0.6 is 0 Å². The van der Waals surface area contributed by atoms with E-state index < -0.39 is 17.6 Å². The zero-order chi connectivity index (χ0) is 9.28. The van der Waals surface area contributed by atoms with Gasteiger partial charge in [0.05, 0.1) is 0 Å². The smallest absolute Gasteiger partial charge is 0.405 e. The SMILES string of the molecule is CC(F)(F)C(C)(C)OC(N)=O.[HH]. The van der Waals surface area contributed by atoms with Gasteiger partial charge in [0.15, 0.2) is 5.60 Å². The number of carbonyl (C=O) groups is 1. The van der Waals surface area contributed by atoms with Crippen molar-refractivity contribution in [3.8, 4) is 0 Å². The van der Waals surface area contributed by atoms with Crippen LogP contribution < -0.4 is 5.73 Å². The van der Waals surface area contributed by atoms with Crippen molar-refractivity contribution in [1.82, 2.24) is 0 Å². The number of hydrogen-bond acceptors (Lipinski definition) is 2. The molecule has 0 aliphatic heterocycles. The first-order chi connectivity index (χ1) is 4.67. The van der Waals surface area contributed by atoms with Crippen molar-refractivity contribution in [3.63, 3.8) is 0 Å². The standard InChI is InChI=1S/C6H11F2NO2.H2/c1-5(2,6(3,7)8)11-4(9)10;/h1-3H3,(H2,9,10);1H. The Balaban J connectivity index is 0. The van der Waals surface area contributed by atoms with E-state index in [0.717, 1.165) is 13.8 Å². The van der Waals surface area contributed by atoms with Crippen LogP contribution in [0.4, 0.5) is 13.6 Å². The lowest BCUT2D eigenvalue weighted by molar-refractivity contribution is -0.148. The third-order valence-corrected chi connectivity index (χ3v) is 1.41. The number of rotatable bonds is 2. The summed E-state index contributed by atoms with van der Waals surface area (Å²) in [4.78, 5) is 10.1. The number of halogens is 2. The fourth-order valence-corrected chi connectivity index (χ4v) is 0.341. The number of ether oxygens (including phenoxy) is 1. The molecule has 0 saturated carbocycles. The van der Waals surface area contributed by atoms with Crippen molar-refractivity contribution in [3.05, 3.63) is 0 Å². The molecule has 0 heterocycles. The Bertz CT molecular complexity index is 167. The normalized spacial score (nSPS) is 12.8. The third-order valence-electron chi connectivity index (χ3n) is 1.41. The van der Waals surface area contributed by atoms with E-state index in [1.54, 1.807) is 0 Å². The Morgan fingerprint density at radius 3 is 1.91 bits per heavy atom. The average Bonchev–Trinajstić information content (AvgIpc) is 1.56. The van der Waals surface area contributed by atoms with E-state index in [1.165, 1.54) is 0 Å². The lowest BCUT2D eigenvalue weighted by Gasteiger charge is -2.29. The first-order valence-corrected chi connectivity index (χ1v) is 3.03. The van der Waals surface area contributed by atoms with Crippen molar-refractivity contribution in [2.45, 2.75) is 32.3 Å². The van der Waals surface area contributed by atoms with Gasteiger partial charge in [0.2, 0.25) is 0 Å². The molecular formula is C6H13F2NO2. The fraction of sp³-hybridized carbons (Fsp3) is 0.833. The summed E-state index contributed by atoms with van der Waals surface area (Å²) < 4.78 is 29.2. The van der Waals surface area contributed by atoms with Gasteiger partial charge in [-0.3, -0.25) is 0 Å². The van der Waals surface area contributed by atoms with E-state index in [4.69, 9.17) is 0 Å². The van der Waals surface area contributed by atoms with Gasteiger partial charge in [-0.2, -0.15) is 0 Å². The maximum absolute atomic E-state index is 12.5. The maximum atomic E-state index is 12.5. The minimum Gasteiger partial charge on any atom is -0.437 e. The summed E-state index contributed by atoms with van der Waals surface area (Å²) in [6.07, 6.45) is -1.20. The summed E-state index contributed by atoms with van der Waals surface area (Å²) >= 11 is 0. The summed E-state index contributed by atoms with van der Waals surface area (Å²) in [5, 5.41) is 0. The Morgan fingerprint density at radius 1 is 1.45 bits per heavy atom. The molecule has 0 fully saturated rings. The molecule has 68 valence electrons. The van der Waals surface area contributed by atoms with Crippen LogP contribution in [0.25, 0.3) is 0 Å². The first kappa shape index (κ1) is 10.1. The second kappa shape index (κ2) is 2.64. The molecular weight excluding hydrogens is 156 g/mol. The molecule has 0 spiro atoms. The highest BCUT2D eigenvalue weighted by atomic mass is 19.3. The molecule has 0 aromatic heterocycles. The van der Waals surface area contributed by atoms with Crippen LogP contribution in [-0.2, 0) is 4.74 Å². The van der Waals surface area contributed by atoms with Crippen molar-refractivity contribution >= 4 is 6.09 Å². The van der Waals surface area contributed by atoms with Crippen molar-refractivity contribution < 1.29 is 19.7 Å². The van der Waals surface area contributed by atoms with Crippen LogP contribution in [0.15, 0.2) is 0 Å². The maximum Gasteiger partial charge on any atom is 0.405 e. The molecule has 0 bridgehead atoms. The van der Waals surface area contributed by atoms with Gasteiger partial charge in [-0.05, 0) is 13.8 Å². The van der Waals surface area contributed by atoms with Crippen LogP contribution in [-0.4, -0.2) is 17.6 Å². The Kier molecular flexibility index (Phi) is 2.43. The Morgan fingerprint density at radius 2 is 1.82 bits per heavy atom. The zero-order valence-corrected chi connectivity index (χ0v) is 6.65. The van der Waals surface area contributed by atoms with E-state index in [0.29, 0.717) is 6.92 Å². The largest absolute Gasteiger partial charge is 0.437 e. The van der Waals surface area contributed by atoms with Crippen LogP contribution in [0, 0.1) is 0 Å². The van der Waals surface area contributed by atoms with Crippen LogP contribution in [0.1, 0.15) is 22.2 Å². The first-order valence-electron chi connectivity index (χ1n) is 3.03. The van der Waals surface area contributed by atoms with Crippen molar-refractivity contribution in [1.29, 1.82) is 0 Å². The van der Waals surface area contributed by atoms with Gasteiger partial charge in [0, 0.05) is 8.35 Å². The number of primary amides is 1. The quantitative estimate of drug-likeness (QED) is 0.684. The summed E-state index contributed by atoms with van der Waals surface area (Å²) in [7, 11) is 0. The van der Waals surface area contributed by atoms with E-state index in [-0.39, 0.29) is 1.43 Å². The summed E-state index contributed by atoms with van der Waals surface area (Å²) in [5.41, 5.74) is 2.73. The molecule has 2 N–H and O–H groups in total. The molecule has 0 aliphatic rings. The number of amides is 1. The molecule has 0 rings (SSSR count). The number of hydrogen-bond donors (Lipinski definition) is 1. The molecule has 0 aromatic carbocycles. The molecule has 0 aromatic rings. The molecule has 11 heavy (non-hydrogen) atoms.